The largest absolute Gasteiger partial charge is 0.365 e. The number of aryl methyl sites for hydroxylation is 1. The number of hydrogen-bond acceptors (Lipinski definition) is 4. The van der Waals surface area contributed by atoms with Crippen LogP contribution in [0.4, 0.5) is 5.82 Å². The first-order valence-corrected chi connectivity index (χ1v) is 8.68. The number of nitrogens with two attached hydrogens (primary N) is 1. The molecule has 0 aromatic carbocycles. The van der Waals surface area contributed by atoms with Crippen LogP contribution in [0.3, 0.4) is 0 Å². The second kappa shape index (κ2) is 7.21. The van der Waals surface area contributed by atoms with Gasteiger partial charge in [0, 0.05) is 23.8 Å². The Hall–Kier alpha value is -1.16. The van der Waals surface area contributed by atoms with Crippen molar-refractivity contribution < 1.29 is 0 Å². The van der Waals surface area contributed by atoms with E-state index >= 15 is 0 Å². The lowest BCUT2D eigenvalue weighted by molar-refractivity contribution is 0.320. The van der Waals surface area contributed by atoms with Crippen molar-refractivity contribution in [3.8, 4) is 0 Å². The molecule has 1 fully saturated rings. The van der Waals surface area contributed by atoms with Crippen LogP contribution in [0.2, 0.25) is 0 Å². The summed E-state index contributed by atoms with van der Waals surface area (Å²) in [7, 11) is 0. The van der Waals surface area contributed by atoms with Gasteiger partial charge < -0.3 is 11.1 Å². The van der Waals surface area contributed by atoms with Gasteiger partial charge in [0.1, 0.15) is 12.1 Å². The smallest absolute Gasteiger partial charge is 0.133 e. The molecule has 0 saturated heterocycles. The van der Waals surface area contributed by atoms with Gasteiger partial charge in [0.15, 0.2) is 0 Å². The van der Waals surface area contributed by atoms with Gasteiger partial charge >= 0.3 is 0 Å². The minimum atomic E-state index is 0.368. The van der Waals surface area contributed by atoms with Gasteiger partial charge in [0.25, 0.3) is 0 Å². The molecule has 0 spiro atoms. The zero-order valence-corrected chi connectivity index (χ0v) is 13.0. The first-order chi connectivity index (χ1) is 10.4. The van der Waals surface area contributed by atoms with Crippen molar-refractivity contribution in [2.24, 2.45) is 11.7 Å². The van der Waals surface area contributed by atoms with E-state index in [1.165, 1.54) is 62.6 Å². The van der Waals surface area contributed by atoms with Crippen LogP contribution >= 0.6 is 0 Å². The highest BCUT2D eigenvalue weighted by atomic mass is 15.1. The lowest BCUT2D eigenvalue weighted by Gasteiger charge is -2.31. The molecular formula is C17H28N4. The summed E-state index contributed by atoms with van der Waals surface area (Å²) >= 11 is 0. The Morgan fingerprint density at radius 1 is 1.05 bits per heavy atom. The van der Waals surface area contributed by atoms with E-state index in [2.05, 4.69) is 15.3 Å². The monoisotopic (exact) mass is 288 g/mol. The zero-order valence-electron chi connectivity index (χ0n) is 13.0. The fourth-order valence-corrected chi connectivity index (χ4v) is 3.90. The van der Waals surface area contributed by atoms with E-state index in [0.29, 0.717) is 18.5 Å². The SMILES string of the molecule is NCC(Nc1ncnc2c1CCCCC2)C1CCCCC1. The van der Waals surface area contributed by atoms with Gasteiger partial charge in [-0.3, -0.25) is 0 Å². The summed E-state index contributed by atoms with van der Waals surface area (Å²) in [5.74, 6) is 1.77. The highest BCUT2D eigenvalue weighted by Gasteiger charge is 2.24. The van der Waals surface area contributed by atoms with Crippen molar-refractivity contribution in [2.45, 2.75) is 70.3 Å². The lowest BCUT2D eigenvalue weighted by atomic mass is 9.84. The van der Waals surface area contributed by atoms with Crippen LogP contribution in [-0.4, -0.2) is 22.6 Å². The molecule has 1 aromatic heterocycles. The molecular weight excluding hydrogens is 260 g/mol. The predicted octanol–water partition coefficient (Wildman–Crippen LogP) is 3.07. The normalized spacial score (nSPS) is 21.4. The van der Waals surface area contributed by atoms with E-state index in [9.17, 15) is 0 Å². The van der Waals surface area contributed by atoms with Crippen molar-refractivity contribution >= 4 is 5.82 Å². The first-order valence-electron chi connectivity index (χ1n) is 8.68. The molecule has 1 atom stereocenters. The Kier molecular flexibility index (Phi) is 5.07. The maximum absolute atomic E-state index is 6.05. The first kappa shape index (κ1) is 14.8. The molecule has 2 aliphatic carbocycles. The van der Waals surface area contributed by atoms with Crippen molar-refractivity contribution in [3.05, 3.63) is 17.6 Å². The Labute approximate surface area is 127 Å². The third kappa shape index (κ3) is 3.54. The fraction of sp³-hybridized carbons (Fsp3) is 0.765. The quantitative estimate of drug-likeness (QED) is 0.836. The number of fused-ring (bicyclic) bond motifs is 1. The summed E-state index contributed by atoms with van der Waals surface area (Å²) in [6, 6.07) is 0.368. The standard InChI is InChI=1S/C17H28N4/c18-11-16(13-7-3-1-4-8-13)21-17-14-9-5-2-6-10-15(14)19-12-20-17/h12-13,16H,1-11,18H2,(H,19,20,21). The summed E-state index contributed by atoms with van der Waals surface area (Å²) in [5.41, 5.74) is 8.66. The Balaban J connectivity index is 1.76. The number of aromatic nitrogens is 2. The molecule has 21 heavy (non-hydrogen) atoms. The molecule has 1 saturated carbocycles. The number of hydrogen-bond donors (Lipinski definition) is 2. The number of nitrogens with zero attached hydrogens (tertiary/aromatic N) is 2. The molecule has 1 unspecified atom stereocenters. The Morgan fingerprint density at radius 3 is 2.62 bits per heavy atom. The molecule has 3 rings (SSSR count). The molecule has 0 bridgehead atoms. The molecule has 4 nitrogen and oxygen atoms in total. The van der Waals surface area contributed by atoms with Crippen molar-refractivity contribution in [1.82, 2.24) is 9.97 Å². The minimum absolute atomic E-state index is 0.368. The van der Waals surface area contributed by atoms with Crippen LogP contribution in [0.1, 0.15) is 62.6 Å². The topological polar surface area (TPSA) is 63.8 Å². The third-order valence-electron chi connectivity index (χ3n) is 5.17. The van der Waals surface area contributed by atoms with Crippen molar-refractivity contribution in [1.29, 1.82) is 0 Å². The molecule has 4 heteroatoms. The summed E-state index contributed by atoms with van der Waals surface area (Å²) in [6.45, 7) is 0.698. The second-order valence-corrected chi connectivity index (χ2v) is 6.59. The van der Waals surface area contributed by atoms with Crippen molar-refractivity contribution in [3.63, 3.8) is 0 Å². The van der Waals surface area contributed by atoms with Gasteiger partial charge in [-0.2, -0.15) is 0 Å². The van der Waals surface area contributed by atoms with Crippen LogP contribution in [0, 0.1) is 5.92 Å². The molecule has 1 aromatic rings. The third-order valence-corrected chi connectivity index (χ3v) is 5.17. The highest BCUT2D eigenvalue weighted by molar-refractivity contribution is 5.47. The average Bonchev–Trinajstić information content (AvgIpc) is 2.79. The van der Waals surface area contributed by atoms with Gasteiger partial charge in [-0.25, -0.2) is 9.97 Å². The molecule has 2 aliphatic rings. The molecule has 116 valence electrons. The van der Waals surface area contributed by atoms with E-state index in [0.717, 1.165) is 18.7 Å². The molecule has 1 heterocycles. The molecule has 0 aliphatic heterocycles. The number of rotatable bonds is 4. The molecule has 0 radical (unpaired) electrons. The average molecular weight is 288 g/mol. The van der Waals surface area contributed by atoms with Crippen LogP contribution in [0.5, 0.6) is 0 Å². The van der Waals surface area contributed by atoms with Crippen LogP contribution in [-0.2, 0) is 12.8 Å². The van der Waals surface area contributed by atoms with Crippen molar-refractivity contribution in [2.75, 3.05) is 11.9 Å². The maximum Gasteiger partial charge on any atom is 0.133 e. The van der Waals surface area contributed by atoms with E-state index in [4.69, 9.17) is 5.73 Å². The number of nitrogens with one attached hydrogen (secondary N) is 1. The second-order valence-electron chi connectivity index (χ2n) is 6.59. The van der Waals surface area contributed by atoms with E-state index in [1.54, 1.807) is 6.33 Å². The van der Waals surface area contributed by atoms with Gasteiger partial charge in [0.2, 0.25) is 0 Å². The van der Waals surface area contributed by atoms with Gasteiger partial charge in [-0.15, -0.1) is 0 Å². The van der Waals surface area contributed by atoms with Crippen LogP contribution in [0.15, 0.2) is 6.33 Å². The van der Waals surface area contributed by atoms with E-state index in [1.807, 2.05) is 0 Å². The highest BCUT2D eigenvalue weighted by Crippen LogP contribution is 2.29. The summed E-state index contributed by atoms with van der Waals surface area (Å²) in [4.78, 5) is 9.04. The van der Waals surface area contributed by atoms with E-state index < -0.39 is 0 Å². The maximum atomic E-state index is 6.05. The van der Waals surface area contributed by atoms with Crippen LogP contribution in [0.25, 0.3) is 0 Å². The summed E-state index contributed by atoms with van der Waals surface area (Å²) < 4.78 is 0. The summed E-state index contributed by atoms with van der Waals surface area (Å²) in [6.07, 6.45) is 14.5. The Morgan fingerprint density at radius 2 is 1.81 bits per heavy atom. The molecule has 3 N–H and O–H groups in total. The van der Waals surface area contributed by atoms with E-state index in [-0.39, 0.29) is 0 Å². The Bertz CT molecular complexity index is 454. The predicted molar refractivity (Wildman–Crippen MR) is 86.3 cm³/mol. The van der Waals surface area contributed by atoms with Gasteiger partial charge in [0.05, 0.1) is 0 Å². The zero-order chi connectivity index (χ0) is 14.5. The molecule has 0 amide bonds. The fourth-order valence-electron chi connectivity index (χ4n) is 3.90. The lowest BCUT2D eigenvalue weighted by Crippen LogP contribution is -2.38. The van der Waals surface area contributed by atoms with Gasteiger partial charge in [-0.05, 0) is 44.4 Å². The number of anilines is 1. The summed E-state index contributed by atoms with van der Waals surface area (Å²) in [5, 5.41) is 3.68. The van der Waals surface area contributed by atoms with Gasteiger partial charge in [-0.1, -0.05) is 25.7 Å². The minimum Gasteiger partial charge on any atom is -0.365 e. The van der Waals surface area contributed by atoms with Crippen LogP contribution < -0.4 is 11.1 Å².